The van der Waals surface area contributed by atoms with Gasteiger partial charge in [0.25, 0.3) is 10.0 Å². The maximum Gasteiger partial charge on any atom is 0.338 e. The first-order chi connectivity index (χ1) is 13.4. The monoisotopic (exact) mass is 417 g/mol. The summed E-state index contributed by atoms with van der Waals surface area (Å²) >= 11 is 1.50. The number of anilines is 1. The molecule has 1 heterocycles. The minimum Gasteiger partial charge on any atom is -0.495 e. The van der Waals surface area contributed by atoms with E-state index >= 15 is 0 Å². The van der Waals surface area contributed by atoms with Crippen LogP contribution in [-0.4, -0.2) is 28.5 Å². The Bertz CT molecular complexity index is 1040. The number of benzene rings is 2. The van der Waals surface area contributed by atoms with Crippen molar-refractivity contribution in [2.75, 3.05) is 18.5 Å². The fourth-order valence-corrected chi connectivity index (χ4v) is 4.38. The molecule has 2 aromatic carbocycles. The van der Waals surface area contributed by atoms with Crippen LogP contribution in [0.2, 0.25) is 0 Å². The first-order valence-electron chi connectivity index (χ1n) is 8.35. The molecule has 1 aromatic heterocycles. The number of esters is 1. The largest absolute Gasteiger partial charge is 0.495 e. The standard InChI is InChI=1S/C20H19NO5S2/c1-21(18-7-3-4-8-19(18)25-2)28(23,24)17-11-9-15(10-12-17)20(22)26-14-16-6-5-13-27-16/h3-13H,14H2,1-2H3. The molecule has 0 saturated heterocycles. The number of hydrogen-bond acceptors (Lipinski definition) is 6. The van der Waals surface area contributed by atoms with Crippen LogP contribution in [0.4, 0.5) is 5.69 Å². The van der Waals surface area contributed by atoms with Gasteiger partial charge in [0.2, 0.25) is 0 Å². The van der Waals surface area contributed by atoms with E-state index < -0.39 is 16.0 Å². The van der Waals surface area contributed by atoms with Gasteiger partial charge < -0.3 is 9.47 Å². The summed E-state index contributed by atoms with van der Waals surface area (Å²) in [4.78, 5) is 13.1. The highest BCUT2D eigenvalue weighted by Gasteiger charge is 2.24. The quantitative estimate of drug-likeness (QED) is 0.545. The third-order valence-corrected chi connectivity index (χ3v) is 6.73. The number of carbonyl (C=O) groups is 1. The number of methoxy groups -OCH3 is 1. The third-order valence-electron chi connectivity index (χ3n) is 4.10. The van der Waals surface area contributed by atoms with Crippen molar-refractivity contribution in [1.82, 2.24) is 0 Å². The summed E-state index contributed by atoms with van der Waals surface area (Å²) in [5, 5.41) is 1.90. The molecule has 0 aliphatic carbocycles. The van der Waals surface area contributed by atoms with Crippen molar-refractivity contribution in [1.29, 1.82) is 0 Å². The van der Waals surface area contributed by atoms with Crippen molar-refractivity contribution in [2.45, 2.75) is 11.5 Å². The van der Waals surface area contributed by atoms with Gasteiger partial charge in [-0.3, -0.25) is 4.31 Å². The summed E-state index contributed by atoms with van der Waals surface area (Å²) in [6.07, 6.45) is 0. The fraction of sp³-hybridized carbons (Fsp3) is 0.150. The maximum atomic E-state index is 12.9. The van der Waals surface area contributed by atoms with Gasteiger partial charge in [-0.25, -0.2) is 13.2 Å². The molecule has 0 radical (unpaired) electrons. The normalized spacial score (nSPS) is 11.1. The van der Waals surface area contributed by atoms with Crippen LogP contribution in [0.5, 0.6) is 5.75 Å². The molecule has 0 bridgehead atoms. The second-order valence-corrected chi connectivity index (χ2v) is 8.83. The fourth-order valence-electron chi connectivity index (χ4n) is 2.56. The van der Waals surface area contributed by atoms with Gasteiger partial charge in [0.15, 0.2) is 0 Å². The van der Waals surface area contributed by atoms with Crippen LogP contribution in [0.3, 0.4) is 0 Å². The number of sulfonamides is 1. The van der Waals surface area contributed by atoms with Gasteiger partial charge in [-0.15, -0.1) is 11.3 Å². The third kappa shape index (κ3) is 4.18. The average Bonchev–Trinajstić information content (AvgIpc) is 3.25. The lowest BCUT2D eigenvalue weighted by atomic mass is 10.2. The van der Waals surface area contributed by atoms with Gasteiger partial charge in [0.1, 0.15) is 12.4 Å². The Morgan fingerprint density at radius 1 is 1.04 bits per heavy atom. The zero-order valence-electron chi connectivity index (χ0n) is 15.4. The van der Waals surface area contributed by atoms with Gasteiger partial charge in [0, 0.05) is 11.9 Å². The highest BCUT2D eigenvalue weighted by Crippen LogP contribution is 2.30. The molecule has 0 aliphatic heterocycles. The minimum absolute atomic E-state index is 0.0655. The summed E-state index contributed by atoms with van der Waals surface area (Å²) in [7, 11) is -0.875. The molecule has 3 aromatic rings. The van der Waals surface area contributed by atoms with E-state index in [1.54, 1.807) is 24.3 Å². The Balaban J connectivity index is 1.76. The summed E-state index contributed by atoms with van der Waals surface area (Å²) in [5.41, 5.74) is 0.708. The summed E-state index contributed by atoms with van der Waals surface area (Å²) in [6, 6.07) is 16.3. The molecule has 28 heavy (non-hydrogen) atoms. The first-order valence-corrected chi connectivity index (χ1v) is 10.7. The number of rotatable bonds is 7. The highest BCUT2D eigenvalue weighted by molar-refractivity contribution is 7.92. The zero-order chi connectivity index (χ0) is 20.1. The molecule has 0 aliphatic rings. The molecule has 3 rings (SSSR count). The van der Waals surface area contributed by atoms with Gasteiger partial charge in [0.05, 0.1) is 23.3 Å². The van der Waals surface area contributed by atoms with Crippen molar-refractivity contribution in [3.8, 4) is 5.75 Å². The number of nitrogens with zero attached hydrogens (tertiary/aromatic N) is 1. The summed E-state index contributed by atoms with van der Waals surface area (Å²) in [6.45, 7) is 0.188. The molecular formula is C20H19NO5S2. The maximum absolute atomic E-state index is 12.9. The SMILES string of the molecule is COc1ccccc1N(C)S(=O)(=O)c1ccc(C(=O)OCc2cccs2)cc1. The molecule has 0 fully saturated rings. The van der Waals surface area contributed by atoms with Crippen molar-refractivity contribution in [3.63, 3.8) is 0 Å². The van der Waals surface area contributed by atoms with Crippen LogP contribution in [0, 0.1) is 0 Å². The van der Waals surface area contributed by atoms with Crippen LogP contribution in [0.25, 0.3) is 0 Å². The predicted octanol–water partition coefficient (Wildman–Crippen LogP) is 3.94. The second kappa shape index (κ2) is 8.45. The number of thiophene rings is 1. The van der Waals surface area contributed by atoms with Crippen LogP contribution in [0.15, 0.2) is 70.9 Å². The molecule has 6 nitrogen and oxygen atoms in total. The average molecular weight is 418 g/mol. The van der Waals surface area contributed by atoms with E-state index in [-0.39, 0.29) is 17.1 Å². The second-order valence-electron chi connectivity index (χ2n) is 5.82. The molecule has 0 N–H and O–H groups in total. The van der Waals surface area contributed by atoms with Crippen molar-refractivity contribution < 1.29 is 22.7 Å². The molecule has 0 saturated carbocycles. The molecule has 0 spiro atoms. The molecule has 8 heteroatoms. The lowest BCUT2D eigenvalue weighted by Gasteiger charge is -2.21. The van der Waals surface area contributed by atoms with Crippen LogP contribution < -0.4 is 9.04 Å². The van der Waals surface area contributed by atoms with Crippen LogP contribution in [-0.2, 0) is 21.4 Å². The van der Waals surface area contributed by atoms with Gasteiger partial charge in [-0.2, -0.15) is 0 Å². The number of hydrogen-bond donors (Lipinski definition) is 0. The van der Waals surface area contributed by atoms with E-state index in [4.69, 9.17) is 9.47 Å². The topological polar surface area (TPSA) is 72.9 Å². The van der Waals surface area contributed by atoms with E-state index in [2.05, 4.69) is 0 Å². The van der Waals surface area contributed by atoms with E-state index in [1.165, 1.54) is 49.8 Å². The van der Waals surface area contributed by atoms with Gasteiger partial charge in [-0.1, -0.05) is 18.2 Å². The van der Waals surface area contributed by atoms with Gasteiger partial charge >= 0.3 is 5.97 Å². The Hall–Kier alpha value is -2.84. The van der Waals surface area contributed by atoms with Crippen LogP contribution in [0.1, 0.15) is 15.2 Å². The van der Waals surface area contributed by atoms with E-state index in [9.17, 15) is 13.2 Å². The Labute approximate surface area is 168 Å². The number of para-hydroxylation sites is 2. The molecule has 0 atom stereocenters. The smallest absolute Gasteiger partial charge is 0.338 e. The van der Waals surface area contributed by atoms with Crippen molar-refractivity contribution in [3.05, 3.63) is 76.5 Å². The predicted molar refractivity (Wildman–Crippen MR) is 108 cm³/mol. The Morgan fingerprint density at radius 3 is 2.39 bits per heavy atom. The lowest BCUT2D eigenvalue weighted by molar-refractivity contribution is 0.0476. The number of carbonyl (C=O) groups excluding carboxylic acids is 1. The number of ether oxygens (including phenoxy) is 2. The van der Waals surface area contributed by atoms with E-state index in [1.807, 2.05) is 17.5 Å². The van der Waals surface area contributed by atoms with Crippen molar-refractivity contribution >= 4 is 33.0 Å². The van der Waals surface area contributed by atoms with Gasteiger partial charge in [-0.05, 0) is 47.8 Å². The molecule has 146 valence electrons. The Morgan fingerprint density at radius 2 is 1.75 bits per heavy atom. The van der Waals surface area contributed by atoms with Crippen molar-refractivity contribution in [2.24, 2.45) is 0 Å². The molecule has 0 unspecified atom stereocenters. The lowest BCUT2D eigenvalue weighted by Crippen LogP contribution is -2.27. The summed E-state index contributed by atoms with van der Waals surface area (Å²) < 4.78 is 37.5. The summed E-state index contributed by atoms with van der Waals surface area (Å²) in [5.74, 6) is -0.0576. The molecular weight excluding hydrogens is 398 g/mol. The first kappa shape index (κ1) is 19.9. The van der Waals surface area contributed by atoms with E-state index in [0.717, 1.165) is 9.18 Å². The van der Waals surface area contributed by atoms with E-state index in [0.29, 0.717) is 11.4 Å². The minimum atomic E-state index is -3.81. The van der Waals surface area contributed by atoms with Crippen LogP contribution >= 0.6 is 11.3 Å². The molecule has 0 amide bonds. The Kier molecular flexibility index (Phi) is 6.01. The zero-order valence-corrected chi connectivity index (χ0v) is 17.0. The highest BCUT2D eigenvalue weighted by atomic mass is 32.2.